The fourth-order valence-corrected chi connectivity index (χ4v) is 2.94. The number of aliphatic hydroxyl groups is 1. The van der Waals surface area contributed by atoms with Gasteiger partial charge in [0.05, 0.1) is 13.2 Å². The van der Waals surface area contributed by atoms with E-state index >= 15 is 0 Å². The van der Waals surface area contributed by atoms with Crippen LogP contribution in [0.3, 0.4) is 0 Å². The first-order chi connectivity index (χ1) is 10.3. The van der Waals surface area contributed by atoms with E-state index < -0.39 is 0 Å². The van der Waals surface area contributed by atoms with Crippen molar-refractivity contribution in [2.45, 2.75) is 44.6 Å². The smallest absolute Gasteiger partial charge is 0.161 e. The highest BCUT2D eigenvalue weighted by Crippen LogP contribution is 2.28. The van der Waals surface area contributed by atoms with E-state index in [-0.39, 0.29) is 12.1 Å². The highest BCUT2D eigenvalue weighted by Gasteiger charge is 2.30. The molecule has 0 amide bonds. The third-order valence-electron chi connectivity index (χ3n) is 4.12. The van der Waals surface area contributed by atoms with Gasteiger partial charge in [-0.05, 0) is 31.9 Å². The molecule has 2 N–H and O–H groups in total. The Morgan fingerprint density at radius 3 is 2.38 bits per heavy atom. The quantitative estimate of drug-likeness (QED) is 0.724. The summed E-state index contributed by atoms with van der Waals surface area (Å²) in [6, 6.07) is 7.73. The molecule has 2 rings (SSSR count). The first kappa shape index (κ1) is 16.1. The van der Waals surface area contributed by atoms with Crippen LogP contribution in [0.5, 0.6) is 11.5 Å². The summed E-state index contributed by atoms with van der Waals surface area (Å²) in [6.45, 7) is 4.12. The van der Waals surface area contributed by atoms with Gasteiger partial charge in [0.2, 0.25) is 0 Å². The van der Waals surface area contributed by atoms with E-state index in [1.807, 2.05) is 31.2 Å². The van der Waals surface area contributed by atoms with Crippen LogP contribution in [0.1, 0.15) is 39.0 Å². The molecule has 1 aromatic rings. The van der Waals surface area contributed by atoms with Gasteiger partial charge in [0.25, 0.3) is 0 Å². The predicted octanol–water partition coefficient (Wildman–Crippen LogP) is 2.75. The van der Waals surface area contributed by atoms with Crippen LogP contribution in [0, 0.1) is 0 Å². The molecule has 0 bridgehead atoms. The Morgan fingerprint density at radius 1 is 1.10 bits per heavy atom. The van der Waals surface area contributed by atoms with Crippen molar-refractivity contribution in [3.05, 3.63) is 24.3 Å². The molecule has 21 heavy (non-hydrogen) atoms. The van der Waals surface area contributed by atoms with Crippen molar-refractivity contribution in [2.24, 2.45) is 0 Å². The molecule has 118 valence electrons. The Hall–Kier alpha value is -1.26. The number of rotatable bonds is 8. The van der Waals surface area contributed by atoms with E-state index in [1.54, 1.807) is 0 Å². The molecule has 1 aliphatic carbocycles. The summed E-state index contributed by atoms with van der Waals surface area (Å²) in [5.41, 5.74) is -0.0962. The van der Waals surface area contributed by atoms with E-state index in [1.165, 1.54) is 19.3 Å². The van der Waals surface area contributed by atoms with Gasteiger partial charge in [0, 0.05) is 12.1 Å². The van der Waals surface area contributed by atoms with Gasteiger partial charge in [-0.15, -0.1) is 0 Å². The van der Waals surface area contributed by atoms with E-state index in [4.69, 9.17) is 9.47 Å². The molecular weight excluding hydrogens is 266 g/mol. The summed E-state index contributed by atoms with van der Waals surface area (Å²) in [4.78, 5) is 0. The molecular formula is C17H27NO3. The summed E-state index contributed by atoms with van der Waals surface area (Å²) in [5, 5.41) is 13.1. The Bertz CT molecular complexity index is 416. The number of hydrogen-bond acceptors (Lipinski definition) is 4. The lowest BCUT2D eigenvalue weighted by atomic mass is 9.82. The zero-order valence-electron chi connectivity index (χ0n) is 12.9. The molecule has 0 heterocycles. The van der Waals surface area contributed by atoms with Gasteiger partial charge in [0.15, 0.2) is 11.5 Å². The molecule has 0 spiro atoms. The number of ether oxygens (including phenoxy) is 2. The Labute approximate surface area is 127 Å². The minimum atomic E-state index is -0.0962. The lowest BCUT2D eigenvalue weighted by molar-refractivity contribution is 0.115. The van der Waals surface area contributed by atoms with Crippen LogP contribution in [0.15, 0.2) is 24.3 Å². The lowest BCUT2D eigenvalue weighted by Crippen LogP contribution is -2.51. The Kier molecular flexibility index (Phi) is 6.33. The summed E-state index contributed by atoms with van der Waals surface area (Å²) in [7, 11) is 0. The molecule has 4 nitrogen and oxygen atoms in total. The van der Waals surface area contributed by atoms with E-state index in [0.29, 0.717) is 13.2 Å². The zero-order valence-corrected chi connectivity index (χ0v) is 12.9. The molecule has 1 fully saturated rings. The van der Waals surface area contributed by atoms with Crippen LogP contribution in [0.2, 0.25) is 0 Å². The van der Waals surface area contributed by atoms with E-state index in [0.717, 1.165) is 30.9 Å². The number of para-hydroxylation sites is 2. The Balaban J connectivity index is 1.79. The maximum atomic E-state index is 9.65. The summed E-state index contributed by atoms with van der Waals surface area (Å²) >= 11 is 0. The molecule has 0 saturated heterocycles. The van der Waals surface area contributed by atoms with Gasteiger partial charge in [-0.1, -0.05) is 31.4 Å². The minimum absolute atomic E-state index is 0.0962. The summed E-state index contributed by atoms with van der Waals surface area (Å²) in [6.07, 6.45) is 5.78. The predicted molar refractivity (Wildman–Crippen MR) is 84.0 cm³/mol. The summed E-state index contributed by atoms with van der Waals surface area (Å²) in [5.74, 6) is 1.57. The van der Waals surface area contributed by atoms with E-state index in [9.17, 15) is 5.11 Å². The van der Waals surface area contributed by atoms with Gasteiger partial charge in [-0.2, -0.15) is 0 Å². The van der Waals surface area contributed by atoms with Crippen LogP contribution in [0.4, 0.5) is 0 Å². The highest BCUT2D eigenvalue weighted by molar-refractivity contribution is 5.39. The van der Waals surface area contributed by atoms with Crippen molar-refractivity contribution >= 4 is 0 Å². The maximum absolute atomic E-state index is 9.65. The number of benzene rings is 1. The topological polar surface area (TPSA) is 50.7 Å². The summed E-state index contributed by atoms with van der Waals surface area (Å²) < 4.78 is 11.3. The minimum Gasteiger partial charge on any atom is -0.490 e. The van der Waals surface area contributed by atoms with Gasteiger partial charge < -0.3 is 19.9 Å². The van der Waals surface area contributed by atoms with Gasteiger partial charge >= 0.3 is 0 Å². The van der Waals surface area contributed by atoms with Crippen molar-refractivity contribution in [3.8, 4) is 11.5 Å². The molecule has 0 aromatic heterocycles. The van der Waals surface area contributed by atoms with Crippen LogP contribution < -0.4 is 14.8 Å². The average molecular weight is 293 g/mol. The monoisotopic (exact) mass is 293 g/mol. The standard InChI is InChI=1S/C17H27NO3/c1-2-20-15-8-4-5-9-16(15)21-13-12-18-17(14-19)10-6-3-7-11-17/h4-5,8-9,18-19H,2-3,6-7,10-14H2,1H3. The van der Waals surface area contributed by atoms with Gasteiger partial charge in [-0.3, -0.25) is 0 Å². The average Bonchev–Trinajstić information content (AvgIpc) is 2.54. The fourth-order valence-electron chi connectivity index (χ4n) is 2.94. The zero-order chi connectivity index (χ0) is 15.0. The third-order valence-corrected chi connectivity index (χ3v) is 4.12. The van der Waals surface area contributed by atoms with Crippen LogP contribution in [-0.4, -0.2) is 37.0 Å². The van der Waals surface area contributed by atoms with Crippen molar-refractivity contribution in [1.82, 2.24) is 5.32 Å². The van der Waals surface area contributed by atoms with Crippen molar-refractivity contribution < 1.29 is 14.6 Å². The second-order valence-electron chi connectivity index (χ2n) is 5.65. The fraction of sp³-hybridized carbons (Fsp3) is 0.647. The molecule has 1 aliphatic rings. The highest BCUT2D eigenvalue weighted by atomic mass is 16.5. The van der Waals surface area contributed by atoms with Crippen molar-refractivity contribution in [3.63, 3.8) is 0 Å². The van der Waals surface area contributed by atoms with Gasteiger partial charge in [-0.25, -0.2) is 0 Å². The number of aliphatic hydroxyl groups excluding tert-OH is 1. The third kappa shape index (κ3) is 4.61. The maximum Gasteiger partial charge on any atom is 0.161 e. The molecule has 0 radical (unpaired) electrons. The van der Waals surface area contributed by atoms with Crippen LogP contribution >= 0.6 is 0 Å². The van der Waals surface area contributed by atoms with Gasteiger partial charge in [0.1, 0.15) is 6.61 Å². The molecule has 1 saturated carbocycles. The normalized spacial score (nSPS) is 17.4. The van der Waals surface area contributed by atoms with E-state index in [2.05, 4.69) is 5.32 Å². The van der Waals surface area contributed by atoms with Crippen molar-refractivity contribution in [1.29, 1.82) is 0 Å². The lowest BCUT2D eigenvalue weighted by Gasteiger charge is -2.36. The number of hydrogen-bond donors (Lipinski definition) is 2. The molecule has 4 heteroatoms. The van der Waals surface area contributed by atoms with Crippen LogP contribution in [0.25, 0.3) is 0 Å². The first-order valence-electron chi connectivity index (χ1n) is 8.00. The van der Waals surface area contributed by atoms with Crippen LogP contribution in [-0.2, 0) is 0 Å². The molecule has 0 unspecified atom stereocenters. The SMILES string of the molecule is CCOc1ccccc1OCCNC1(CO)CCCCC1. The second kappa shape index (κ2) is 8.25. The molecule has 0 aliphatic heterocycles. The largest absolute Gasteiger partial charge is 0.490 e. The number of nitrogens with one attached hydrogen (secondary N) is 1. The first-order valence-corrected chi connectivity index (χ1v) is 8.00. The second-order valence-corrected chi connectivity index (χ2v) is 5.65. The molecule has 1 aromatic carbocycles. The van der Waals surface area contributed by atoms with Crippen molar-refractivity contribution in [2.75, 3.05) is 26.4 Å². The Morgan fingerprint density at radius 2 is 1.76 bits per heavy atom. The molecule has 0 atom stereocenters.